The molecule has 1 atom stereocenters. The van der Waals surface area contributed by atoms with Gasteiger partial charge in [-0.15, -0.1) is 10.2 Å². The van der Waals surface area contributed by atoms with Crippen molar-refractivity contribution < 1.29 is 13.2 Å². The Morgan fingerprint density at radius 1 is 1.07 bits per heavy atom. The summed E-state index contributed by atoms with van der Waals surface area (Å²) < 4.78 is 28.9. The summed E-state index contributed by atoms with van der Waals surface area (Å²) in [6, 6.07) is 11.9. The zero-order valence-electron chi connectivity index (χ0n) is 16.9. The minimum absolute atomic E-state index is 0.158. The van der Waals surface area contributed by atoms with Gasteiger partial charge in [0.15, 0.2) is 11.5 Å². The number of aromatic nitrogens is 3. The van der Waals surface area contributed by atoms with Crippen LogP contribution in [0.5, 0.6) is 0 Å². The first-order valence-electron chi connectivity index (χ1n) is 10.1. The molecule has 0 radical (unpaired) electrons. The van der Waals surface area contributed by atoms with Gasteiger partial charge in [-0.2, -0.15) is 4.31 Å². The third-order valence-electron chi connectivity index (χ3n) is 5.35. The number of hydrogen-bond acceptors (Lipinski definition) is 5. The second-order valence-corrected chi connectivity index (χ2v) is 9.50. The van der Waals surface area contributed by atoms with Crippen molar-refractivity contribution >= 4 is 21.6 Å². The second kappa shape index (κ2) is 8.53. The smallest absolute Gasteiger partial charge is 0.243 e. The molecule has 9 heteroatoms. The molecule has 1 aliphatic heterocycles. The molecular weight excluding hydrogens is 402 g/mol. The molecule has 1 fully saturated rings. The maximum Gasteiger partial charge on any atom is 0.243 e. The molecule has 2 aromatic heterocycles. The summed E-state index contributed by atoms with van der Waals surface area (Å²) >= 11 is 0. The quantitative estimate of drug-likeness (QED) is 0.651. The van der Waals surface area contributed by atoms with Crippen LogP contribution in [-0.4, -0.2) is 46.3 Å². The van der Waals surface area contributed by atoms with E-state index in [2.05, 4.69) is 15.5 Å². The minimum Gasteiger partial charge on any atom is -0.346 e. The molecule has 30 heavy (non-hydrogen) atoms. The molecule has 3 aromatic rings. The lowest BCUT2D eigenvalue weighted by Gasteiger charge is -2.25. The van der Waals surface area contributed by atoms with Crippen LogP contribution in [0.4, 0.5) is 0 Å². The molecule has 1 saturated heterocycles. The molecule has 1 N–H and O–H groups in total. The SMILES string of the molecule is CC(NC(=O)Cc1ccc(S(=O)(=O)N2CCCCC2)cc1)c1nnc2ccccn12. The molecule has 1 amide bonds. The number of nitrogens with zero attached hydrogens (tertiary/aromatic N) is 4. The van der Waals surface area contributed by atoms with Crippen LogP contribution >= 0.6 is 0 Å². The summed E-state index contributed by atoms with van der Waals surface area (Å²) in [5.41, 5.74) is 1.47. The number of carbonyl (C=O) groups is 1. The Morgan fingerprint density at radius 3 is 2.53 bits per heavy atom. The van der Waals surface area contributed by atoms with Crippen LogP contribution in [0.3, 0.4) is 0 Å². The second-order valence-electron chi connectivity index (χ2n) is 7.56. The third-order valence-corrected chi connectivity index (χ3v) is 7.26. The Labute approximate surface area is 176 Å². The van der Waals surface area contributed by atoms with Crippen molar-refractivity contribution in [2.75, 3.05) is 13.1 Å². The molecule has 8 nitrogen and oxygen atoms in total. The van der Waals surface area contributed by atoms with Crippen LogP contribution in [0.25, 0.3) is 5.65 Å². The first-order valence-corrected chi connectivity index (χ1v) is 11.6. The van der Waals surface area contributed by atoms with Gasteiger partial charge in [-0.05, 0) is 49.6 Å². The van der Waals surface area contributed by atoms with E-state index in [1.165, 1.54) is 0 Å². The molecule has 1 unspecified atom stereocenters. The van der Waals surface area contributed by atoms with E-state index in [9.17, 15) is 13.2 Å². The van der Waals surface area contributed by atoms with Crippen LogP contribution in [0.1, 0.15) is 43.6 Å². The van der Waals surface area contributed by atoms with Gasteiger partial charge in [0.25, 0.3) is 0 Å². The molecular formula is C21H25N5O3S. The van der Waals surface area contributed by atoms with Crippen molar-refractivity contribution in [2.45, 2.75) is 43.5 Å². The Hall–Kier alpha value is -2.78. The summed E-state index contributed by atoms with van der Waals surface area (Å²) in [5.74, 6) is 0.490. The zero-order chi connectivity index (χ0) is 21.1. The van der Waals surface area contributed by atoms with Crippen molar-refractivity contribution in [1.82, 2.24) is 24.2 Å². The number of amides is 1. The van der Waals surface area contributed by atoms with Crippen LogP contribution in [-0.2, 0) is 21.2 Å². The van der Waals surface area contributed by atoms with Crippen LogP contribution in [0.2, 0.25) is 0 Å². The number of pyridine rings is 1. The maximum atomic E-state index is 12.7. The molecule has 1 aliphatic rings. The zero-order valence-corrected chi connectivity index (χ0v) is 17.7. The summed E-state index contributed by atoms with van der Waals surface area (Å²) in [6.45, 7) is 3.00. The van der Waals surface area contributed by atoms with Crippen molar-refractivity contribution in [3.63, 3.8) is 0 Å². The van der Waals surface area contributed by atoms with Crippen molar-refractivity contribution in [3.8, 4) is 0 Å². The Balaban J connectivity index is 1.40. The number of benzene rings is 1. The van der Waals surface area contributed by atoms with E-state index in [4.69, 9.17) is 0 Å². The van der Waals surface area contributed by atoms with Crippen molar-refractivity contribution in [2.24, 2.45) is 0 Å². The van der Waals surface area contributed by atoms with Crippen LogP contribution < -0.4 is 5.32 Å². The third kappa shape index (κ3) is 4.22. The van der Waals surface area contributed by atoms with E-state index in [0.29, 0.717) is 18.9 Å². The fraction of sp³-hybridized carbons (Fsp3) is 0.381. The van der Waals surface area contributed by atoms with Gasteiger partial charge in [-0.3, -0.25) is 9.20 Å². The first kappa shape index (κ1) is 20.5. The van der Waals surface area contributed by atoms with Crippen molar-refractivity contribution in [3.05, 3.63) is 60.0 Å². The summed E-state index contributed by atoms with van der Waals surface area (Å²) in [7, 11) is -3.46. The number of piperidine rings is 1. The molecule has 158 valence electrons. The highest BCUT2D eigenvalue weighted by Crippen LogP contribution is 2.21. The number of carbonyl (C=O) groups excluding carboxylic acids is 1. The fourth-order valence-corrected chi connectivity index (χ4v) is 5.25. The lowest BCUT2D eigenvalue weighted by Crippen LogP contribution is -2.35. The predicted octanol–water partition coefficient (Wildman–Crippen LogP) is 2.32. The first-order chi connectivity index (χ1) is 14.4. The number of rotatable bonds is 6. The van der Waals surface area contributed by atoms with Gasteiger partial charge in [0.1, 0.15) is 0 Å². The highest BCUT2D eigenvalue weighted by atomic mass is 32.2. The number of nitrogens with one attached hydrogen (secondary N) is 1. The van der Waals surface area contributed by atoms with Gasteiger partial charge in [0.05, 0.1) is 17.4 Å². The van der Waals surface area contributed by atoms with Crippen LogP contribution in [0.15, 0.2) is 53.6 Å². The average molecular weight is 428 g/mol. The van der Waals surface area contributed by atoms with Crippen molar-refractivity contribution in [1.29, 1.82) is 0 Å². The standard InChI is InChI=1S/C21H25N5O3S/c1-16(21-24-23-19-7-3-6-14-26(19)21)22-20(27)15-17-8-10-18(11-9-17)30(28,29)25-12-4-2-5-13-25/h3,6-11,14,16H,2,4-5,12-13,15H2,1H3,(H,22,27). The lowest BCUT2D eigenvalue weighted by atomic mass is 10.1. The minimum atomic E-state index is -3.46. The molecule has 4 rings (SSSR count). The Bertz CT molecular complexity index is 1130. The van der Waals surface area contributed by atoms with E-state index < -0.39 is 10.0 Å². The lowest BCUT2D eigenvalue weighted by molar-refractivity contribution is -0.121. The van der Waals surface area contributed by atoms with E-state index in [1.807, 2.05) is 35.7 Å². The van der Waals surface area contributed by atoms with Gasteiger partial charge in [-0.1, -0.05) is 24.6 Å². The fourth-order valence-electron chi connectivity index (χ4n) is 3.73. The highest BCUT2D eigenvalue weighted by molar-refractivity contribution is 7.89. The van der Waals surface area contributed by atoms with Gasteiger partial charge in [0.2, 0.25) is 15.9 Å². The molecule has 0 saturated carbocycles. The molecule has 3 heterocycles. The van der Waals surface area contributed by atoms with E-state index >= 15 is 0 Å². The van der Waals surface area contributed by atoms with Gasteiger partial charge in [-0.25, -0.2) is 8.42 Å². The predicted molar refractivity (Wildman–Crippen MR) is 112 cm³/mol. The normalized spacial score (nSPS) is 16.4. The number of fused-ring (bicyclic) bond motifs is 1. The Morgan fingerprint density at radius 2 is 1.80 bits per heavy atom. The van der Waals surface area contributed by atoms with Gasteiger partial charge >= 0.3 is 0 Å². The van der Waals surface area contributed by atoms with Crippen LogP contribution in [0, 0.1) is 0 Å². The molecule has 0 bridgehead atoms. The summed E-state index contributed by atoms with van der Waals surface area (Å²) in [6.07, 6.45) is 4.89. The molecule has 1 aromatic carbocycles. The topological polar surface area (TPSA) is 96.7 Å². The Kier molecular flexibility index (Phi) is 5.83. The largest absolute Gasteiger partial charge is 0.346 e. The number of hydrogen-bond donors (Lipinski definition) is 1. The van der Waals surface area contributed by atoms with Gasteiger partial charge < -0.3 is 5.32 Å². The highest BCUT2D eigenvalue weighted by Gasteiger charge is 2.25. The van der Waals surface area contributed by atoms with E-state index in [0.717, 1.165) is 30.5 Å². The molecule has 0 aliphatic carbocycles. The summed E-state index contributed by atoms with van der Waals surface area (Å²) in [4.78, 5) is 12.8. The molecule has 0 spiro atoms. The summed E-state index contributed by atoms with van der Waals surface area (Å²) in [5, 5.41) is 11.2. The van der Waals surface area contributed by atoms with E-state index in [1.54, 1.807) is 28.6 Å². The monoisotopic (exact) mass is 427 g/mol. The van der Waals surface area contributed by atoms with Gasteiger partial charge in [0, 0.05) is 19.3 Å². The van der Waals surface area contributed by atoms with E-state index in [-0.39, 0.29) is 23.3 Å². The maximum absolute atomic E-state index is 12.7. The number of sulfonamides is 1. The average Bonchev–Trinajstić information content (AvgIpc) is 3.19.